The summed E-state index contributed by atoms with van der Waals surface area (Å²) < 4.78 is 5.48. The maximum Gasteiger partial charge on any atom is 0.0654 e. The maximum absolute atomic E-state index is 5.48. The van der Waals surface area contributed by atoms with E-state index < -0.39 is 0 Å². The van der Waals surface area contributed by atoms with E-state index in [9.17, 15) is 0 Å². The summed E-state index contributed by atoms with van der Waals surface area (Å²) in [5.41, 5.74) is 0.882. The predicted molar refractivity (Wildman–Crippen MR) is 44.6 cm³/mol. The molecule has 1 spiro atoms. The molecule has 0 aromatic rings. The number of morpholine rings is 1. The zero-order valence-electron chi connectivity index (χ0n) is 7.44. The maximum atomic E-state index is 5.48. The number of rotatable bonds is 1. The molecule has 0 unspecified atom stereocenters. The summed E-state index contributed by atoms with van der Waals surface area (Å²) in [7, 11) is 0. The summed E-state index contributed by atoms with van der Waals surface area (Å²) >= 11 is 0. The summed E-state index contributed by atoms with van der Waals surface area (Å²) in [5, 5.41) is 3.59. The molecule has 2 nitrogen and oxygen atoms in total. The Morgan fingerprint density at radius 3 is 2.82 bits per heavy atom. The van der Waals surface area contributed by atoms with Gasteiger partial charge in [0.05, 0.1) is 13.2 Å². The van der Waals surface area contributed by atoms with E-state index in [-0.39, 0.29) is 0 Å². The lowest BCUT2D eigenvalue weighted by Gasteiger charge is -2.28. The fraction of sp³-hybridized carbons (Fsp3) is 1.00. The van der Waals surface area contributed by atoms with Crippen molar-refractivity contribution in [3.05, 3.63) is 0 Å². The molecular weight excluding hydrogens is 138 g/mol. The van der Waals surface area contributed by atoms with Gasteiger partial charge in [-0.25, -0.2) is 0 Å². The molecule has 2 atom stereocenters. The Balaban J connectivity index is 2.03. The Bertz CT molecular complexity index is 157. The molecule has 11 heavy (non-hydrogen) atoms. The minimum atomic E-state index is 0.361. The molecule has 2 rings (SSSR count). The third kappa shape index (κ3) is 0.926. The molecule has 2 aliphatic rings. The van der Waals surface area contributed by atoms with Gasteiger partial charge >= 0.3 is 0 Å². The van der Waals surface area contributed by atoms with Crippen LogP contribution >= 0.6 is 0 Å². The van der Waals surface area contributed by atoms with E-state index in [4.69, 9.17) is 4.74 Å². The van der Waals surface area contributed by atoms with E-state index in [0.29, 0.717) is 11.0 Å². The molecular formula is C9H17NO. The first kappa shape index (κ1) is 7.56. The fourth-order valence-electron chi connectivity index (χ4n) is 2.25. The second-order valence-corrected chi connectivity index (χ2v) is 4.15. The number of hydrogen-bond acceptors (Lipinski definition) is 2. The third-order valence-electron chi connectivity index (χ3n) is 3.56. The van der Waals surface area contributed by atoms with Crippen LogP contribution in [0, 0.1) is 5.41 Å². The zero-order chi connectivity index (χ0) is 7.95. The molecule has 1 N–H and O–H groups in total. The Morgan fingerprint density at radius 2 is 2.36 bits per heavy atom. The first-order valence-corrected chi connectivity index (χ1v) is 4.55. The average molecular weight is 155 g/mol. The van der Waals surface area contributed by atoms with Crippen molar-refractivity contribution < 1.29 is 4.74 Å². The van der Waals surface area contributed by atoms with Crippen molar-refractivity contribution in [2.24, 2.45) is 5.41 Å². The van der Waals surface area contributed by atoms with E-state index in [2.05, 4.69) is 19.2 Å². The molecule has 64 valence electrons. The first-order chi connectivity index (χ1) is 5.22. The van der Waals surface area contributed by atoms with Gasteiger partial charge in [0.1, 0.15) is 0 Å². The van der Waals surface area contributed by atoms with E-state index >= 15 is 0 Å². The summed E-state index contributed by atoms with van der Waals surface area (Å²) in [6, 6.07) is 0. The van der Waals surface area contributed by atoms with Crippen LogP contribution in [0.2, 0.25) is 0 Å². The van der Waals surface area contributed by atoms with Crippen molar-refractivity contribution in [3.8, 4) is 0 Å². The van der Waals surface area contributed by atoms with Gasteiger partial charge in [-0.1, -0.05) is 13.8 Å². The molecule has 0 amide bonds. The quantitative estimate of drug-likeness (QED) is 0.613. The lowest BCUT2D eigenvalue weighted by Crippen LogP contribution is -2.47. The van der Waals surface area contributed by atoms with Crippen molar-refractivity contribution >= 4 is 0 Å². The van der Waals surface area contributed by atoms with Crippen LogP contribution in [0.5, 0.6) is 0 Å². The van der Waals surface area contributed by atoms with Gasteiger partial charge in [0.15, 0.2) is 0 Å². The zero-order valence-corrected chi connectivity index (χ0v) is 7.44. The number of ether oxygens (including phenoxy) is 1. The van der Waals surface area contributed by atoms with Gasteiger partial charge in [0.2, 0.25) is 0 Å². The number of nitrogens with one attached hydrogen (secondary N) is 1. The van der Waals surface area contributed by atoms with Gasteiger partial charge in [-0.15, -0.1) is 0 Å². The molecule has 1 saturated heterocycles. The molecule has 1 aliphatic carbocycles. The molecule has 0 aromatic heterocycles. The highest BCUT2D eigenvalue weighted by molar-refractivity contribution is 5.19. The van der Waals surface area contributed by atoms with E-state index in [1.165, 1.54) is 12.8 Å². The second kappa shape index (κ2) is 2.20. The van der Waals surface area contributed by atoms with Crippen LogP contribution in [0.25, 0.3) is 0 Å². The summed E-state index contributed by atoms with van der Waals surface area (Å²) in [6.07, 6.45) is 2.57. The van der Waals surface area contributed by atoms with E-state index in [0.717, 1.165) is 19.8 Å². The minimum Gasteiger partial charge on any atom is -0.378 e. The van der Waals surface area contributed by atoms with Crippen molar-refractivity contribution in [2.75, 3.05) is 19.8 Å². The predicted octanol–water partition coefficient (Wildman–Crippen LogP) is 1.17. The van der Waals surface area contributed by atoms with E-state index in [1.807, 2.05) is 0 Å². The Hall–Kier alpha value is -0.0800. The first-order valence-electron chi connectivity index (χ1n) is 4.55. The van der Waals surface area contributed by atoms with Crippen LogP contribution in [0.4, 0.5) is 0 Å². The highest BCUT2D eigenvalue weighted by Crippen LogP contribution is 2.58. The second-order valence-electron chi connectivity index (χ2n) is 4.15. The molecule has 0 aromatic carbocycles. The van der Waals surface area contributed by atoms with Gasteiger partial charge in [-0.05, 0) is 18.3 Å². The highest BCUT2D eigenvalue weighted by Gasteiger charge is 2.63. The summed E-state index contributed by atoms with van der Waals surface area (Å²) in [6.45, 7) is 7.48. The van der Waals surface area contributed by atoms with Crippen LogP contribution in [0.15, 0.2) is 0 Å². The van der Waals surface area contributed by atoms with Crippen LogP contribution in [-0.4, -0.2) is 25.3 Å². The van der Waals surface area contributed by atoms with E-state index in [1.54, 1.807) is 0 Å². The Kier molecular flexibility index (Phi) is 1.52. The largest absolute Gasteiger partial charge is 0.378 e. The summed E-state index contributed by atoms with van der Waals surface area (Å²) in [4.78, 5) is 0. The molecule has 0 bridgehead atoms. The van der Waals surface area contributed by atoms with Gasteiger partial charge < -0.3 is 10.1 Å². The molecule has 1 aliphatic heterocycles. The van der Waals surface area contributed by atoms with Gasteiger partial charge in [0, 0.05) is 12.1 Å². The third-order valence-corrected chi connectivity index (χ3v) is 3.56. The minimum absolute atomic E-state index is 0.361. The van der Waals surface area contributed by atoms with Crippen LogP contribution in [-0.2, 0) is 4.74 Å². The van der Waals surface area contributed by atoms with Gasteiger partial charge in [-0.2, -0.15) is 0 Å². The topological polar surface area (TPSA) is 21.3 Å². The molecule has 2 heteroatoms. The van der Waals surface area contributed by atoms with Crippen LogP contribution in [0.3, 0.4) is 0 Å². The van der Waals surface area contributed by atoms with Crippen LogP contribution in [0.1, 0.15) is 26.7 Å². The van der Waals surface area contributed by atoms with Gasteiger partial charge in [0.25, 0.3) is 0 Å². The smallest absolute Gasteiger partial charge is 0.0654 e. The Morgan fingerprint density at radius 1 is 1.55 bits per heavy atom. The van der Waals surface area contributed by atoms with Crippen molar-refractivity contribution in [3.63, 3.8) is 0 Å². The lowest BCUT2D eigenvalue weighted by molar-refractivity contribution is 0.0528. The average Bonchev–Trinajstić information content (AvgIpc) is 2.59. The molecule has 0 radical (unpaired) electrons. The van der Waals surface area contributed by atoms with Crippen LogP contribution < -0.4 is 5.32 Å². The van der Waals surface area contributed by atoms with Crippen molar-refractivity contribution in [2.45, 2.75) is 32.2 Å². The summed E-state index contributed by atoms with van der Waals surface area (Å²) in [5.74, 6) is 0. The molecule has 2 fully saturated rings. The molecule has 1 saturated carbocycles. The lowest BCUT2D eigenvalue weighted by atomic mass is 9.99. The fourth-order valence-corrected chi connectivity index (χ4v) is 2.25. The highest BCUT2D eigenvalue weighted by atomic mass is 16.5. The monoisotopic (exact) mass is 155 g/mol. The Labute approximate surface area is 68.3 Å². The normalized spacial score (nSPS) is 49.6. The SMILES string of the molecule is CC[C@@]1(C)C[C@]12COCCN2. The standard InChI is InChI=1S/C9H17NO/c1-3-8(2)6-9(8)7-11-5-4-10-9/h10H,3-7H2,1-2H3/t8-,9-/m0/s1. The van der Waals surface area contributed by atoms with Crippen molar-refractivity contribution in [1.29, 1.82) is 0 Å². The number of hydrogen-bond donors (Lipinski definition) is 1. The van der Waals surface area contributed by atoms with Gasteiger partial charge in [-0.3, -0.25) is 0 Å². The molecule has 1 heterocycles. The van der Waals surface area contributed by atoms with Crippen molar-refractivity contribution in [1.82, 2.24) is 5.32 Å².